The first-order chi connectivity index (χ1) is 17.3. The van der Waals surface area contributed by atoms with Gasteiger partial charge in [0.2, 0.25) is 5.89 Å². The maximum Gasteiger partial charge on any atom is 0.419 e. The molecule has 0 saturated carbocycles. The molecule has 37 heavy (non-hydrogen) atoms. The number of carbonyl (C=O) groups is 4. The second-order valence-corrected chi connectivity index (χ2v) is 10.2. The van der Waals surface area contributed by atoms with Gasteiger partial charge in [0.05, 0.1) is 17.1 Å². The van der Waals surface area contributed by atoms with Gasteiger partial charge in [-0.2, -0.15) is 0 Å². The average Bonchev–Trinajstić information content (AvgIpc) is 3.27. The molecule has 2 heterocycles. The highest BCUT2D eigenvalue weighted by atomic mass is 32.2. The van der Waals surface area contributed by atoms with Crippen molar-refractivity contribution in [2.24, 2.45) is 0 Å². The molecule has 1 aromatic carbocycles. The molecule has 0 saturated heterocycles. The summed E-state index contributed by atoms with van der Waals surface area (Å²) in [5, 5.41) is 10.5. The van der Waals surface area contributed by atoms with Crippen LogP contribution in [0.3, 0.4) is 0 Å². The summed E-state index contributed by atoms with van der Waals surface area (Å²) >= 11 is 1.14. The van der Waals surface area contributed by atoms with Gasteiger partial charge >= 0.3 is 12.1 Å². The minimum Gasteiger partial charge on any atom is -0.443 e. The minimum atomic E-state index is -0.775. The minimum absolute atomic E-state index is 0.0126. The van der Waals surface area contributed by atoms with E-state index < -0.39 is 23.5 Å². The van der Waals surface area contributed by atoms with E-state index in [2.05, 4.69) is 15.5 Å². The predicted molar refractivity (Wildman–Crippen MR) is 141 cm³/mol. The molecular formula is C25H37FN4O6S. The molecule has 3 rings (SSSR count). The van der Waals surface area contributed by atoms with E-state index in [0.29, 0.717) is 22.9 Å². The monoisotopic (exact) mass is 540 g/mol. The number of nitrogens with zero attached hydrogens (tertiary/aromatic N) is 3. The third-order valence-corrected chi connectivity index (χ3v) is 5.02. The number of aldehydes is 1. The smallest absolute Gasteiger partial charge is 0.419 e. The van der Waals surface area contributed by atoms with E-state index in [-0.39, 0.29) is 22.7 Å². The number of hydrogen-bond donors (Lipinski definition) is 1. The maximum absolute atomic E-state index is 14.7. The van der Waals surface area contributed by atoms with Gasteiger partial charge in [0.15, 0.2) is 0 Å². The molecule has 12 heteroatoms. The van der Waals surface area contributed by atoms with E-state index in [1.807, 2.05) is 48.3 Å². The molecule has 1 aliphatic heterocycles. The Kier molecular flexibility index (Phi) is 13.7. The Morgan fingerprint density at radius 2 is 1.78 bits per heavy atom. The number of imide groups is 1. The second kappa shape index (κ2) is 15.1. The predicted octanol–water partition coefficient (Wildman–Crippen LogP) is 6.44. The van der Waals surface area contributed by atoms with Crippen molar-refractivity contribution in [3.63, 3.8) is 0 Å². The van der Waals surface area contributed by atoms with Crippen LogP contribution in [0.15, 0.2) is 21.4 Å². The molecular weight excluding hydrogens is 503 g/mol. The average molecular weight is 541 g/mol. The molecule has 1 aromatic heterocycles. The van der Waals surface area contributed by atoms with Crippen LogP contribution in [0.1, 0.15) is 74.6 Å². The number of benzene rings is 1. The highest BCUT2D eigenvalue weighted by molar-refractivity contribution is 7.99. The lowest BCUT2D eigenvalue weighted by Crippen LogP contribution is -2.42. The van der Waals surface area contributed by atoms with Crippen molar-refractivity contribution in [1.29, 1.82) is 0 Å². The first kappa shape index (κ1) is 33.7. The van der Waals surface area contributed by atoms with Crippen LogP contribution in [0.2, 0.25) is 0 Å². The van der Waals surface area contributed by atoms with Gasteiger partial charge in [0.1, 0.15) is 24.5 Å². The molecule has 0 bridgehead atoms. The molecule has 206 valence electrons. The third-order valence-electron chi connectivity index (χ3n) is 3.98. The number of aromatic nitrogens is 2. The van der Waals surface area contributed by atoms with E-state index in [4.69, 9.17) is 13.9 Å². The number of fused-ring (bicyclic) bond motifs is 1. The number of rotatable bonds is 2. The van der Waals surface area contributed by atoms with Gasteiger partial charge < -0.3 is 24.1 Å². The Labute approximate surface area is 221 Å². The summed E-state index contributed by atoms with van der Waals surface area (Å²) in [5.41, 5.74) is -0.717. The first-order valence-electron chi connectivity index (χ1n) is 11.6. The SMILES string of the molecule is C=O.CC.CC(C)(C)OC(=O)N1CSc2cc(F)c(-c3nnc(C(C)(C)C)o3)cc2NC1=O.CCC=O. The Hall–Kier alpha value is -3.28. The van der Waals surface area contributed by atoms with E-state index in [1.165, 1.54) is 12.1 Å². The summed E-state index contributed by atoms with van der Waals surface area (Å²) in [7, 11) is 0. The Morgan fingerprint density at radius 3 is 2.24 bits per heavy atom. The summed E-state index contributed by atoms with van der Waals surface area (Å²) in [6.45, 7) is 18.6. The lowest BCUT2D eigenvalue weighted by atomic mass is 9.97. The van der Waals surface area contributed by atoms with E-state index in [1.54, 1.807) is 20.8 Å². The number of ether oxygens (including phenoxy) is 1. The van der Waals surface area contributed by atoms with Crippen LogP contribution in [0, 0.1) is 5.82 Å². The first-order valence-corrected chi connectivity index (χ1v) is 12.6. The number of halogens is 1. The molecule has 10 nitrogen and oxygen atoms in total. The highest BCUT2D eigenvalue weighted by Crippen LogP contribution is 2.37. The summed E-state index contributed by atoms with van der Waals surface area (Å²) in [6.07, 6.45) is 0.739. The quantitative estimate of drug-likeness (QED) is 0.427. The fourth-order valence-corrected chi connectivity index (χ4v) is 3.34. The molecule has 0 spiro atoms. The van der Waals surface area contributed by atoms with Crippen LogP contribution in [-0.2, 0) is 19.7 Å². The molecule has 0 aliphatic carbocycles. The number of carbonyl (C=O) groups excluding carboxylic acids is 4. The fraction of sp³-hybridized carbons (Fsp3) is 0.520. The van der Waals surface area contributed by atoms with Crippen molar-refractivity contribution in [2.45, 2.75) is 84.6 Å². The van der Waals surface area contributed by atoms with Gasteiger partial charge in [-0.1, -0.05) is 41.5 Å². The third kappa shape index (κ3) is 10.3. The summed E-state index contributed by atoms with van der Waals surface area (Å²) in [4.78, 5) is 43.4. The van der Waals surface area contributed by atoms with Crippen LogP contribution in [0.25, 0.3) is 11.5 Å². The molecule has 0 unspecified atom stereocenters. The zero-order valence-electron chi connectivity index (χ0n) is 22.9. The van der Waals surface area contributed by atoms with E-state index in [9.17, 15) is 18.8 Å². The van der Waals surface area contributed by atoms with Crippen molar-refractivity contribution in [2.75, 3.05) is 11.2 Å². The topological polar surface area (TPSA) is 132 Å². The largest absolute Gasteiger partial charge is 0.443 e. The second-order valence-electron chi connectivity index (χ2n) is 9.18. The van der Waals surface area contributed by atoms with E-state index in [0.717, 1.165) is 22.9 Å². The summed E-state index contributed by atoms with van der Waals surface area (Å²) < 4.78 is 25.6. The molecule has 1 N–H and O–H groups in total. The zero-order chi connectivity index (χ0) is 29.0. The zero-order valence-corrected chi connectivity index (χ0v) is 23.7. The van der Waals surface area contributed by atoms with Crippen molar-refractivity contribution in [1.82, 2.24) is 15.1 Å². The Morgan fingerprint density at radius 1 is 1.22 bits per heavy atom. The summed E-state index contributed by atoms with van der Waals surface area (Å²) in [5.74, 6) is -0.194. The molecule has 3 amide bonds. The van der Waals surface area contributed by atoms with Crippen molar-refractivity contribution in [3.8, 4) is 11.5 Å². The highest BCUT2D eigenvalue weighted by Gasteiger charge is 2.31. The van der Waals surface area contributed by atoms with Gasteiger partial charge in [0.25, 0.3) is 5.89 Å². The van der Waals surface area contributed by atoms with Crippen LogP contribution in [0.5, 0.6) is 0 Å². The van der Waals surface area contributed by atoms with E-state index >= 15 is 0 Å². The van der Waals surface area contributed by atoms with Crippen LogP contribution in [0.4, 0.5) is 19.7 Å². The summed E-state index contributed by atoms with van der Waals surface area (Å²) in [6, 6.07) is 2.03. The normalized spacial score (nSPS) is 12.6. The number of hydrogen-bond acceptors (Lipinski definition) is 9. The van der Waals surface area contributed by atoms with Gasteiger partial charge in [-0.05, 0) is 32.9 Å². The Balaban J connectivity index is 0.00000145. The van der Waals surface area contributed by atoms with Gasteiger partial charge in [-0.25, -0.2) is 18.9 Å². The standard InChI is InChI=1S/C19H23FN4O4S.C3H6O.C2H6.CH2O/c1-18(2,3)15-23-22-14(27-15)10-7-12-13(8-11(10)20)29-9-24(16(25)21-12)17(26)28-19(4,5)6;1-2-3-4;2*1-2/h7-8H,9H2,1-6H3,(H,21,25);3H,2H2,1H3;1-2H3;1H2. The Bertz CT molecular complexity index is 1050. The number of thioether (sulfide) groups is 1. The lowest BCUT2D eigenvalue weighted by Gasteiger charge is -2.24. The molecule has 0 atom stereocenters. The number of urea groups is 1. The molecule has 1 aliphatic rings. The van der Waals surface area contributed by atoms with Crippen molar-refractivity contribution < 1.29 is 32.7 Å². The lowest BCUT2D eigenvalue weighted by molar-refractivity contribution is -0.107. The van der Waals surface area contributed by atoms with Crippen LogP contribution in [-0.4, -0.2) is 51.8 Å². The molecule has 0 radical (unpaired) electrons. The fourth-order valence-electron chi connectivity index (χ4n) is 2.40. The van der Waals surface area contributed by atoms with Crippen LogP contribution < -0.4 is 5.32 Å². The van der Waals surface area contributed by atoms with Gasteiger partial charge in [0, 0.05) is 16.7 Å². The van der Waals surface area contributed by atoms with Gasteiger partial charge in [-0.3, -0.25) is 0 Å². The number of nitrogens with one attached hydrogen (secondary N) is 1. The van der Waals surface area contributed by atoms with Gasteiger partial charge in [-0.15, -0.1) is 22.0 Å². The number of anilines is 1. The number of amides is 3. The maximum atomic E-state index is 14.7. The molecule has 2 aromatic rings. The van der Waals surface area contributed by atoms with Crippen LogP contribution >= 0.6 is 11.8 Å². The van der Waals surface area contributed by atoms with Crippen molar-refractivity contribution >= 4 is 42.6 Å². The molecule has 0 fully saturated rings. The van der Waals surface area contributed by atoms with Crippen molar-refractivity contribution in [3.05, 3.63) is 23.8 Å².